The van der Waals surface area contributed by atoms with Crippen LogP contribution in [0.25, 0.3) is 0 Å². The van der Waals surface area contributed by atoms with Crippen molar-refractivity contribution in [3.05, 3.63) is 57.8 Å². The fourth-order valence-corrected chi connectivity index (χ4v) is 2.23. The molecule has 0 spiro atoms. The predicted octanol–water partition coefficient (Wildman–Crippen LogP) is 6.29. The molecular formula is C14H8Br2F4O. The maximum atomic E-state index is 13.4. The fourth-order valence-electron chi connectivity index (χ4n) is 1.64. The van der Waals surface area contributed by atoms with E-state index in [2.05, 4.69) is 31.9 Å². The molecule has 0 amide bonds. The van der Waals surface area contributed by atoms with Gasteiger partial charge in [-0.05, 0) is 45.8 Å². The van der Waals surface area contributed by atoms with Crippen molar-refractivity contribution in [2.24, 2.45) is 0 Å². The summed E-state index contributed by atoms with van der Waals surface area (Å²) in [6.07, 6.45) is -4.55. The lowest BCUT2D eigenvalue weighted by Crippen LogP contribution is -2.07. The van der Waals surface area contributed by atoms with Crippen LogP contribution in [0, 0.1) is 5.82 Å². The van der Waals surface area contributed by atoms with Crippen LogP contribution in [0.3, 0.4) is 0 Å². The summed E-state index contributed by atoms with van der Waals surface area (Å²) in [5.74, 6) is -0.986. The lowest BCUT2D eigenvalue weighted by Gasteiger charge is -2.15. The van der Waals surface area contributed by atoms with Crippen LogP contribution in [0.4, 0.5) is 17.6 Å². The van der Waals surface area contributed by atoms with Crippen LogP contribution in [-0.4, -0.2) is 0 Å². The third kappa shape index (κ3) is 3.97. The minimum atomic E-state index is -4.55. The van der Waals surface area contributed by atoms with Gasteiger partial charge in [0.2, 0.25) is 0 Å². The zero-order valence-electron chi connectivity index (χ0n) is 10.3. The van der Waals surface area contributed by atoms with Gasteiger partial charge in [0, 0.05) is 11.4 Å². The van der Waals surface area contributed by atoms with Gasteiger partial charge >= 0.3 is 6.18 Å². The standard InChI is InChI=1S/C14H8Br2F4O/c15-7-8-1-4-13(10(5-8)14(18,19)20)21-9-2-3-11(16)12(17)6-9/h1-6H,7H2. The summed E-state index contributed by atoms with van der Waals surface area (Å²) in [7, 11) is 0. The molecule has 0 bridgehead atoms. The Bertz CT molecular complexity index is 656. The third-order valence-corrected chi connectivity index (χ3v) is 3.91. The Morgan fingerprint density at radius 1 is 1.05 bits per heavy atom. The molecular weight excluding hydrogens is 420 g/mol. The Hall–Kier alpha value is -1.08. The molecule has 2 rings (SSSR count). The minimum Gasteiger partial charge on any atom is -0.457 e. The largest absolute Gasteiger partial charge is 0.457 e. The Morgan fingerprint density at radius 3 is 2.33 bits per heavy atom. The summed E-state index contributed by atoms with van der Waals surface area (Å²) in [5.41, 5.74) is -0.431. The molecule has 0 saturated carbocycles. The van der Waals surface area contributed by atoms with Crippen molar-refractivity contribution >= 4 is 31.9 Å². The fraction of sp³-hybridized carbons (Fsp3) is 0.143. The van der Waals surface area contributed by atoms with Crippen molar-refractivity contribution < 1.29 is 22.3 Å². The molecule has 0 aromatic heterocycles. The highest BCUT2D eigenvalue weighted by Gasteiger charge is 2.34. The summed E-state index contributed by atoms with van der Waals surface area (Å²) >= 11 is 6.07. The number of alkyl halides is 4. The van der Waals surface area contributed by atoms with E-state index >= 15 is 0 Å². The lowest BCUT2D eigenvalue weighted by molar-refractivity contribution is -0.138. The molecule has 0 aliphatic carbocycles. The average Bonchev–Trinajstić information content (AvgIpc) is 2.42. The number of ether oxygens (including phenoxy) is 1. The molecule has 2 aromatic rings. The molecule has 0 unspecified atom stereocenters. The van der Waals surface area contributed by atoms with E-state index in [1.165, 1.54) is 24.3 Å². The number of rotatable bonds is 3. The molecule has 0 fully saturated rings. The molecule has 0 saturated heterocycles. The van der Waals surface area contributed by atoms with Gasteiger partial charge in [0.25, 0.3) is 0 Å². The Balaban J connectivity index is 2.41. The first-order valence-corrected chi connectivity index (χ1v) is 7.61. The quantitative estimate of drug-likeness (QED) is 0.413. The summed E-state index contributed by atoms with van der Waals surface area (Å²) in [5, 5.41) is 0.295. The van der Waals surface area contributed by atoms with Gasteiger partial charge in [-0.2, -0.15) is 13.2 Å². The normalized spacial score (nSPS) is 11.5. The maximum absolute atomic E-state index is 13.4. The highest BCUT2D eigenvalue weighted by atomic mass is 79.9. The van der Waals surface area contributed by atoms with Gasteiger partial charge in [0.1, 0.15) is 17.3 Å². The number of hydrogen-bond donors (Lipinski definition) is 0. The van der Waals surface area contributed by atoms with Gasteiger partial charge in [-0.3, -0.25) is 0 Å². The first-order chi connectivity index (χ1) is 9.81. The smallest absolute Gasteiger partial charge is 0.419 e. The molecule has 0 atom stereocenters. The predicted molar refractivity (Wildman–Crippen MR) is 78.2 cm³/mol. The van der Waals surface area contributed by atoms with E-state index in [0.29, 0.717) is 10.9 Å². The van der Waals surface area contributed by atoms with Crippen molar-refractivity contribution in [3.8, 4) is 11.5 Å². The van der Waals surface area contributed by atoms with Crippen LogP contribution in [0.2, 0.25) is 0 Å². The second-order valence-electron chi connectivity index (χ2n) is 4.14. The molecule has 0 N–H and O–H groups in total. The van der Waals surface area contributed by atoms with Crippen molar-refractivity contribution in [2.75, 3.05) is 0 Å². The van der Waals surface area contributed by atoms with Gasteiger partial charge in [-0.25, -0.2) is 4.39 Å². The maximum Gasteiger partial charge on any atom is 0.419 e. The van der Waals surface area contributed by atoms with Gasteiger partial charge in [0.15, 0.2) is 0 Å². The summed E-state index contributed by atoms with van der Waals surface area (Å²) < 4.78 is 57.9. The highest BCUT2D eigenvalue weighted by molar-refractivity contribution is 9.10. The van der Waals surface area contributed by atoms with Crippen molar-refractivity contribution in [1.82, 2.24) is 0 Å². The minimum absolute atomic E-state index is 0.00667. The molecule has 2 aromatic carbocycles. The number of hydrogen-bond acceptors (Lipinski definition) is 1. The van der Waals surface area contributed by atoms with E-state index < -0.39 is 17.6 Å². The molecule has 1 nitrogen and oxygen atoms in total. The summed E-state index contributed by atoms with van der Waals surface area (Å²) in [4.78, 5) is 0. The van der Waals surface area contributed by atoms with Crippen LogP contribution in [0.15, 0.2) is 40.9 Å². The third-order valence-electron chi connectivity index (χ3n) is 2.62. The second-order valence-corrected chi connectivity index (χ2v) is 5.55. The average molecular weight is 428 g/mol. The van der Waals surface area contributed by atoms with E-state index in [1.807, 2.05) is 0 Å². The SMILES string of the molecule is Fc1cc(Oc2ccc(CBr)cc2C(F)(F)F)ccc1Br. The van der Waals surface area contributed by atoms with Gasteiger partial charge in [0.05, 0.1) is 10.0 Å². The van der Waals surface area contributed by atoms with Crippen molar-refractivity contribution in [1.29, 1.82) is 0 Å². The molecule has 7 heteroatoms. The molecule has 21 heavy (non-hydrogen) atoms. The van der Waals surface area contributed by atoms with Gasteiger partial charge < -0.3 is 4.74 Å². The number of halogens is 6. The first kappa shape index (κ1) is 16.3. The van der Waals surface area contributed by atoms with E-state index in [1.54, 1.807) is 0 Å². The highest BCUT2D eigenvalue weighted by Crippen LogP contribution is 2.39. The van der Waals surface area contributed by atoms with Crippen molar-refractivity contribution in [3.63, 3.8) is 0 Å². The second kappa shape index (κ2) is 6.36. The Kier molecular flexibility index (Phi) is 4.93. The number of benzene rings is 2. The van der Waals surface area contributed by atoms with E-state index in [9.17, 15) is 17.6 Å². The first-order valence-electron chi connectivity index (χ1n) is 5.70. The van der Waals surface area contributed by atoms with Crippen LogP contribution in [0.1, 0.15) is 11.1 Å². The van der Waals surface area contributed by atoms with Crippen LogP contribution in [-0.2, 0) is 11.5 Å². The van der Waals surface area contributed by atoms with Crippen LogP contribution < -0.4 is 4.74 Å². The molecule has 0 heterocycles. The van der Waals surface area contributed by atoms with E-state index in [-0.39, 0.29) is 16.0 Å². The van der Waals surface area contributed by atoms with Crippen molar-refractivity contribution in [2.45, 2.75) is 11.5 Å². The Morgan fingerprint density at radius 2 is 1.76 bits per heavy atom. The van der Waals surface area contributed by atoms with Crippen LogP contribution in [0.5, 0.6) is 11.5 Å². The van der Waals surface area contributed by atoms with Gasteiger partial charge in [-0.1, -0.05) is 22.0 Å². The summed E-state index contributed by atoms with van der Waals surface area (Å²) in [6.45, 7) is 0. The van der Waals surface area contributed by atoms with E-state index in [0.717, 1.165) is 12.1 Å². The van der Waals surface area contributed by atoms with Gasteiger partial charge in [-0.15, -0.1) is 0 Å². The molecule has 0 radical (unpaired) electrons. The zero-order valence-corrected chi connectivity index (χ0v) is 13.5. The topological polar surface area (TPSA) is 9.23 Å². The Labute approximate surface area is 135 Å². The summed E-state index contributed by atoms with van der Waals surface area (Å²) in [6, 6.07) is 7.49. The van der Waals surface area contributed by atoms with Crippen LogP contribution >= 0.6 is 31.9 Å². The monoisotopic (exact) mass is 426 g/mol. The molecule has 112 valence electrons. The zero-order chi connectivity index (χ0) is 15.6. The molecule has 0 aliphatic heterocycles. The van der Waals surface area contributed by atoms with E-state index in [4.69, 9.17) is 4.74 Å². The molecule has 0 aliphatic rings. The lowest BCUT2D eigenvalue weighted by atomic mass is 10.1.